The van der Waals surface area contributed by atoms with E-state index in [1.807, 2.05) is 0 Å². The zero-order valence-corrected chi connectivity index (χ0v) is 13.4. The minimum atomic E-state index is -0.581. The molecular weight excluding hydrogens is 268 g/mol. The molecule has 0 spiro atoms. The number of thiocarbonyl (C=S) groups is 1. The van der Waals surface area contributed by atoms with Crippen LogP contribution in [0.3, 0.4) is 0 Å². The van der Waals surface area contributed by atoms with E-state index in [0.717, 1.165) is 44.4 Å². The van der Waals surface area contributed by atoms with E-state index in [4.69, 9.17) is 18.0 Å². The average molecular weight is 296 g/mol. The van der Waals surface area contributed by atoms with E-state index in [1.54, 1.807) is 0 Å². The first kappa shape index (κ1) is 15.7. The highest BCUT2D eigenvalue weighted by Gasteiger charge is 2.42. The SMILES string of the molecule is CCC(CC1CC1)NC(=O)C1(C(N)=S)CCCCCC1. The molecule has 0 aromatic carbocycles. The third-order valence-electron chi connectivity index (χ3n) is 5.01. The monoisotopic (exact) mass is 296 g/mol. The summed E-state index contributed by atoms with van der Waals surface area (Å²) >= 11 is 5.27. The molecule has 3 nitrogen and oxygen atoms in total. The first-order valence-corrected chi connectivity index (χ1v) is 8.60. The molecule has 0 aromatic heterocycles. The molecule has 2 aliphatic rings. The number of carbonyl (C=O) groups excluding carboxylic acids is 1. The Balaban J connectivity index is 2.02. The molecule has 4 heteroatoms. The molecule has 2 rings (SSSR count). The van der Waals surface area contributed by atoms with Crippen molar-refractivity contribution in [2.45, 2.75) is 77.2 Å². The summed E-state index contributed by atoms with van der Waals surface area (Å²) in [6.07, 6.45) is 10.9. The van der Waals surface area contributed by atoms with Gasteiger partial charge in [-0.05, 0) is 31.6 Å². The number of nitrogens with one attached hydrogen (secondary N) is 1. The van der Waals surface area contributed by atoms with Crippen LogP contribution in [0.2, 0.25) is 0 Å². The Kier molecular flexibility index (Phi) is 5.42. The van der Waals surface area contributed by atoms with Crippen LogP contribution < -0.4 is 11.1 Å². The molecule has 2 fully saturated rings. The highest BCUT2D eigenvalue weighted by Crippen LogP contribution is 2.37. The van der Waals surface area contributed by atoms with E-state index in [-0.39, 0.29) is 5.91 Å². The second-order valence-electron chi connectivity index (χ2n) is 6.62. The van der Waals surface area contributed by atoms with Crippen LogP contribution in [-0.2, 0) is 4.79 Å². The topological polar surface area (TPSA) is 55.1 Å². The van der Waals surface area contributed by atoms with Crippen molar-refractivity contribution in [3.05, 3.63) is 0 Å². The Morgan fingerprint density at radius 2 is 1.90 bits per heavy atom. The number of rotatable bonds is 6. The summed E-state index contributed by atoms with van der Waals surface area (Å²) in [6, 6.07) is 0.296. The predicted octanol–water partition coefficient (Wildman–Crippen LogP) is 3.31. The Morgan fingerprint density at radius 1 is 1.30 bits per heavy atom. The molecular formula is C16H28N2OS. The molecule has 0 bridgehead atoms. The van der Waals surface area contributed by atoms with Crippen LogP contribution >= 0.6 is 12.2 Å². The summed E-state index contributed by atoms with van der Waals surface area (Å²) in [4.78, 5) is 13.2. The minimum absolute atomic E-state index is 0.0967. The molecule has 1 amide bonds. The summed E-state index contributed by atoms with van der Waals surface area (Å²) in [5.74, 6) is 0.926. The number of hydrogen-bond donors (Lipinski definition) is 2. The van der Waals surface area contributed by atoms with Crippen molar-refractivity contribution >= 4 is 23.1 Å². The maximum Gasteiger partial charge on any atom is 0.233 e. The van der Waals surface area contributed by atoms with Crippen LogP contribution in [0, 0.1) is 11.3 Å². The summed E-state index contributed by atoms with van der Waals surface area (Å²) in [5, 5.41) is 3.25. The summed E-state index contributed by atoms with van der Waals surface area (Å²) < 4.78 is 0. The Morgan fingerprint density at radius 3 is 2.35 bits per heavy atom. The minimum Gasteiger partial charge on any atom is -0.392 e. The van der Waals surface area contributed by atoms with Crippen LogP contribution in [0.1, 0.15) is 71.1 Å². The lowest BCUT2D eigenvalue weighted by Crippen LogP contribution is -2.51. The number of nitrogens with two attached hydrogens (primary N) is 1. The lowest BCUT2D eigenvalue weighted by Gasteiger charge is -2.32. The van der Waals surface area contributed by atoms with E-state index in [9.17, 15) is 4.79 Å². The second-order valence-corrected chi connectivity index (χ2v) is 7.06. The lowest BCUT2D eigenvalue weighted by molar-refractivity contribution is -0.128. The van der Waals surface area contributed by atoms with Crippen LogP contribution in [0.4, 0.5) is 0 Å². The summed E-state index contributed by atoms with van der Waals surface area (Å²) in [5.41, 5.74) is 5.39. The quantitative estimate of drug-likeness (QED) is 0.584. The fourth-order valence-electron chi connectivity index (χ4n) is 3.32. The third-order valence-corrected chi connectivity index (χ3v) is 5.40. The van der Waals surface area contributed by atoms with Crippen molar-refractivity contribution in [2.24, 2.45) is 17.1 Å². The molecule has 114 valence electrons. The molecule has 0 saturated heterocycles. The molecule has 0 aliphatic heterocycles. The highest BCUT2D eigenvalue weighted by atomic mass is 32.1. The zero-order chi connectivity index (χ0) is 14.6. The normalized spacial score (nSPS) is 23.6. The maximum atomic E-state index is 12.8. The standard InChI is InChI=1S/C16H28N2OS/c1-2-13(11-12-7-8-12)18-15(19)16(14(17)20)9-5-3-4-6-10-16/h12-13H,2-11H2,1H3,(H2,17,20)(H,18,19). The van der Waals surface area contributed by atoms with E-state index >= 15 is 0 Å². The van der Waals surface area contributed by atoms with Gasteiger partial charge in [-0.15, -0.1) is 0 Å². The van der Waals surface area contributed by atoms with Gasteiger partial charge in [0.1, 0.15) is 0 Å². The molecule has 2 saturated carbocycles. The van der Waals surface area contributed by atoms with Crippen molar-refractivity contribution in [3.63, 3.8) is 0 Å². The largest absolute Gasteiger partial charge is 0.392 e. The molecule has 1 atom stereocenters. The number of hydrogen-bond acceptors (Lipinski definition) is 2. The lowest BCUT2D eigenvalue weighted by atomic mass is 9.79. The molecule has 2 aliphatic carbocycles. The highest BCUT2D eigenvalue weighted by molar-refractivity contribution is 7.80. The molecule has 20 heavy (non-hydrogen) atoms. The van der Waals surface area contributed by atoms with Gasteiger partial charge in [-0.1, -0.05) is 57.7 Å². The smallest absolute Gasteiger partial charge is 0.233 e. The van der Waals surface area contributed by atoms with Gasteiger partial charge in [0, 0.05) is 6.04 Å². The molecule has 0 heterocycles. The first-order valence-electron chi connectivity index (χ1n) is 8.19. The number of amides is 1. The molecule has 0 radical (unpaired) electrons. The summed E-state index contributed by atoms with van der Waals surface area (Å²) in [7, 11) is 0. The average Bonchev–Trinajstić information content (AvgIpc) is 3.23. The van der Waals surface area contributed by atoms with E-state index in [2.05, 4.69) is 12.2 Å². The van der Waals surface area contributed by atoms with Crippen LogP contribution in [-0.4, -0.2) is 16.9 Å². The van der Waals surface area contributed by atoms with E-state index in [0.29, 0.717) is 11.0 Å². The van der Waals surface area contributed by atoms with Gasteiger partial charge in [-0.25, -0.2) is 0 Å². The van der Waals surface area contributed by atoms with Crippen molar-refractivity contribution in [2.75, 3.05) is 0 Å². The van der Waals surface area contributed by atoms with Gasteiger partial charge in [-0.3, -0.25) is 4.79 Å². The number of carbonyl (C=O) groups is 1. The Bertz CT molecular complexity index is 357. The second kappa shape index (κ2) is 6.88. The van der Waals surface area contributed by atoms with E-state index in [1.165, 1.54) is 25.7 Å². The Labute approximate surface area is 128 Å². The van der Waals surface area contributed by atoms with Gasteiger partial charge in [0.15, 0.2) is 0 Å². The fraction of sp³-hybridized carbons (Fsp3) is 0.875. The van der Waals surface area contributed by atoms with Crippen LogP contribution in [0.15, 0.2) is 0 Å². The fourth-order valence-corrected chi connectivity index (χ4v) is 3.62. The van der Waals surface area contributed by atoms with Crippen molar-refractivity contribution < 1.29 is 4.79 Å². The van der Waals surface area contributed by atoms with Gasteiger partial charge in [0.25, 0.3) is 0 Å². The zero-order valence-electron chi connectivity index (χ0n) is 12.6. The molecule has 3 N–H and O–H groups in total. The van der Waals surface area contributed by atoms with Crippen LogP contribution in [0.5, 0.6) is 0 Å². The summed E-state index contributed by atoms with van der Waals surface area (Å²) in [6.45, 7) is 2.15. The third kappa shape index (κ3) is 3.72. The van der Waals surface area contributed by atoms with Gasteiger partial charge < -0.3 is 11.1 Å². The molecule has 0 aromatic rings. The predicted molar refractivity (Wildman–Crippen MR) is 86.5 cm³/mol. The maximum absolute atomic E-state index is 12.8. The van der Waals surface area contributed by atoms with Gasteiger partial charge in [0.2, 0.25) is 5.91 Å². The van der Waals surface area contributed by atoms with Gasteiger partial charge in [0.05, 0.1) is 10.4 Å². The van der Waals surface area contributed by atoms with Crippen molar-refractivity contribution in [3.8, 4) is 0 Å². The van der Waals surface area contributed by atoms with Gasteiger partial charge >= 0.3 is 0 Å². The van der Waals surface area contributed by atoms with E-state index < -0.39 is 5.41 Å². The van der Waals surface area contributed by atoms with Crippen molar-refractivity contribution in [1.82, 2.24) is 5.32 Å². The molecule has 1 unspecified atom stereocenters. The van der Waals surface area contributed by atoms with Gasteiger partial charge in [-0.2, -0.15) is 0 Å². The van der Waals surface area contributed by atoms with Crippen LogP contribution in [0.25, 0.3) is 0 Å². The van der Waals surface area contributed by atoms with Crippen molar-refractivity contribution in [1.29, 1.82) is 0 Å². The first-order chi connectivity index (χ1) is 9.58. The Hall–Kier alpha value is -0.640.